The molecule has 0 aliphatic heterocycles. The summed E-state index contributed by atoms with van der Waals surface area (Å²) in [6.45, 7) is 8.85. The smallest absolute Gasteiger partial charge is 0.323 e. The van der Waals surface area contributed by atoms with Crippen LogP contribution in [0.2, 0.25) is 0 Å². The Morgan fingerprint density at radius 3 is 2.50 bits per heavy atom. The van der Waals surface area contributed by atoms with Crippen molar-refractivity contribution < 1.29 is 9.53 Å². The summed E-state index contributed by atoms with van der Waals surface area (Å²) in [5, 5.41) is 0. The zero-order valence-electron chi connectivity index (χ0n) is 11.0. The second-order valence-electron chi connectivity index (χ2n) is 6.08. The highest BCUT2D eigenvalue weighted by Gasteiger charge is 2.43. The number of rotatable bonds is 3. The Labute approximate surface area is 98.7 Å². The van der Waals surface area contributed by atoms with Crippen molar-refractivity contribution in [2.75, 3.05) is 6.61 Å². The Bertz CT molecular complexity index is 263. The summed E-state index contributed by atoms with van der Waals surface area (Å²) < 4.78 is 5.03. The van der Waals surface area contributed by atoms with Gasteiger partial charge in [0.15, 0.2) is 0 Å². The number of carbonyl (C=O) groups excluding carboxylic acids is 1. The Morgan fingerprint density at radius 2 is 2.00 bits per heavy atom. The summed E-state index contributed by atoms with van der Waals surface area (Å²) in [5.74, 6) is -0.247. The van der Waals surface area contributed by atoms with Crippen molar-refractivity contribution in [3.8, 4) is 0 Å². The summed E-state index contributed by atoms with van der Waals surface area (Å²) >= 11 is 0. The van der Waals surface area contributed by atoms with E-state index < -0.39 is 6.04 Å². The Hall–Kier alpha value is -0.570. The molecule has 1 rings (SSSR count). The zero-order valence-corrected chi connectivity index (χ0v) is 11.0. The molecule has 0 aromatic rings. The number of hydrogen-bond donors (Lipinski definition) is 1. The second kappa shape index (κ2) is 4.74. The van der Waals surface area contributed by atoms with Gasteiger partial charge in [0.2, 0.25) is 0 Å². The molecule has 1 saturated carbocycles. The van der Waals surface area contributed by atoms with E-state index in [0.717, 1.165) is 19.3 Å². The van der Waals surface area contributed by atoms with Gasteiger partial charge in [-0.15, -0.1) is 0 Å². The van der Waals surface area contributed by atoms with Gasteiger partial charge in [-0.1, -0.05) is 27.2 Å². The van der Waals surface area contributed by atoms with Gasteiger partial charge in [-0.2, -0.15) is 0 Å². The lowest BCUT2D eigenvalue weighted by molar-refractivity contribution is -0.149. The van der Waals surface area contributed by atoms with Gasteiger partial charge in [-0.25, -0.2) is 0 Å². The van der Waals surface area contributed by atoms with Crippen LogP contribution in [0.1, 0.15) is 53.4 Å². The van der Waals surface area contributed by atoms with Crippen molar-refractivity contribution in [1.82, 2.24) is 0 Å². The number of esters is 1. The quantitative estimate of drug-likeness (QED) is 0.754. The molecule has 3 heteroatoms. The van der Waals surface area contributed by atoms with E-state index in [-0.39, 0.29) is 16.8 Å². The average molecular weight is 227 g/mol. The summed E-state index contributed by atoms with van der Waals surface area (Å²) in [5.41, 5.74) is 6.24. The maximum atomic E-state index is 11.7. The van der Waals surface area contributed by atoms with Crippen LogP contribution >= 0.6 is 0 Å². The van der Waals surface area contributed by atoms with Crippen LogP contribution in [0.25, 0.3) is 0 Å². The third-order valence-electron chi connectivity index (χ3n) is 3.78. The molecule has 16 heavy (non-hydrogen) atoms. The molecule has 0 spiro atoms. The normalized spacial score (nSPS) is 30.8. The van der Waals surface area contributed by atoms with Crippen LogP contribution in [0.15, 0.2) is 0 Å². The Balaban J connectivity index is 2.72. The summed E-state index contributed by atoms with van der Waals surface area (Å²) in [7, 11) is 0. The third kappa shape index (κ3) is 2.97. The average Bonchev–Trinajstić information content (AvgIpc) is 2.15. The van der Waals surface area contributed by atoms with Gasteiger partial charge >= 0.3 is 5.97 Å². The van der Waals surface area contributed by atoms with Crippen molar-refractivity contribution in [3.05, 3.63) is 0 Å². The van der Waals surface area contributed by atoms with Crippen molar-refractivity contribution in [2.45, 2.75) is 59.4 Å². The molecule has 3 nitrogen and oxygen atoms in total. The highest BCUT2D eigenvalue weighted by atomic mass is 16.5. The van der Waals surface area contributed by atoms with Crippen molar-refractivity contribution in [2.24, 2.45) is 16.6 Å². The van der Waals surface area contributed by atoms with E-state index in [1.165, 1.54) is 6.42 Å². The van der Waals surface area contributed by atoms with E-state index in [0.29, 0.717) is 6.61 Å². The van der Waals surface area contributed by atoms with Gasteiger partial charge in [0.25, 0.3) is 0 Å². The number of nitrogens with two attached hydrogens (primary N) is 1. The zero-order chi connectivity index (χ0) is 12.4. The molecule has 2 N–H and O–H groups in total. The lowest BCUT2D eigenvalue weighted by Crippen LogP contribution is -2.50. The first-order valence-electron chi connectivity index (χ1n) is 6.23. The van der Waals surface area contributed by atoms with E-state index in [2.05, 4.69) is 20.8 Å². The van der Waals surface area contributed by atoms with E-state index in [1.807, 2.05) is 6.92 Å². The van der Waals surface area contributed by atoms with Crippen molar-refractivity contribution in [1.29, 1.82) is 0 Å². The predicted molar refractivity (Wildman–Crippen MR) is 65.0 cm³/mol. The maximum Gasteiger partial charge on any atom is 0.323 e. The lowest BCUT2D eigenvalue weighted by atomic mass is 9.61. The second-order valence-corrected chi connectivity index (χ2v) is 6.08. The molecule has 1 fully saturated rings. The van der Waals surface area contributed by atoms with Gasteiger partial charge < -0.3 is 10.5 Å². The molecule has 2 atom stereocenters. The van der Waals surface area contributed by atoms with Crippen LogP contribution in [0.5, 0.6) is 0 Å². The standard InChI is InChI=1S/C13H25NO2/c1-5-16-11(15)10(14)13(4)8-6-7-12(2,3)9-13/h10H,5-9,14H2,1-4H3. The van der Waals surface area contributed by atoms with Crippen LogP contribution in [0, 0.1) is 10.8 Å². The van der Waals surface area contributed by atoms with Crippen LogP contribution < -0.4 is 5.73 Å². The molecule has 0 heterocycles. The topological polar surface area (TPSA) is 52.3 Å². The highest BCUT2D eigenvalue weighted by Crippen LogP contribution is 2.47. The molecule has 0 amide bonds. The number of hydrogen-bond acceptors (Lipinski definition) is 3. The monoisotopic (exact) mass is 227 g/mol. The van der Waals surface area contributed by atoms with E-state index >= 15 is 0 Å². The van der Waals surface area contributed by atoms with Crippen LogP contribution in [0.3, 0.4) is 0 Å². The molecule has 94 valence electrons. The van der Waals surface area contributed by atoms with E-state index in [1.54, 1.807) is 0 Å². The molecule has 0 aromatic carbocycles. The number of carbonyl (C=O) groups is 1. The minimum Gasteiger partial charge on any atom is -0.465 e. The van der Waals surface area contributed by atoms with Gasteiger partial charge in [0.05, 0.1) is 6.61 Å². The minimum atomic E-state index is -0.480. The van der Waals surface area contributed by atoms with Gasteiger partial charge in [-0.3, -0.25) is 4.79 Å². The first-order valence-corrected chi connectivity index (χ1v) is 6.23. The molecule has 0 radical (unpaired) electrons. The predicted octanol–water partition coefficient (Wildman–Crippen LogP) is 2.48. The highest BCUT2D eigenvalue weighted by molar-refractivity contribution is 5.76. The maximum absolute atomic E-state index is 11.7. The van der Waals surface area contributed by atoms with Crippen LogP contribution in [-0.4, -0.2) is 18.6 Å². The third-order valence-corrected chi connectivity index (χ3v) is 3.78. The van der Waals surface area contributed by atoms with Gasteiger partial charge in [0, 0.05) is 0 Å². The van der Waals surface area contributed by atoms with Gasteiger partial charge in [-0.05, 0) is 37.0 Å². The fourth-order valence-corrected chi connectivity index (χ4v) is 3.02. The first-order chi connectivity index (χ1) is 7.31. The first kappa shape index (κ1) is 13.5. The van der Waals surface area contributed by atoms with Crippen molar-refractivity contribution >= 4 is 5.97 Å². The largest absolute Gasteiger partial charge is 0.465 e. The summed E-state index contributed by atoms with van der Waals surface area (Å²) in [6, 6.07) is -0.480. The SMILES string of the molecule is CCOC(=O)C(N)C1(C)CCCC(C)(C)C1. The molecular weight excluding hydrogens is 202 g/mol. The molecule has 1 aliphatic carbocycles. The van der Waals surface area contributed by atoms with Gasteiger partial charge in [0.1, 0.15) is 6.04 Å². The molecule has 0 saturated heterocycles. The fourth-order valence-electron chi connectivity index (χ4n) is 3.02. The number of ether oxygens (including phenoxy) is 1. The van der Waals surface area contributed by atoms with Crippen molar-refractivity contribution in [3.63, 3.8) is 0 Å². The summed E-state index contributed by atoms with van der Waals surface area (Å²) in [6.07, 6.45) is 4.39. The minimum absolute atomic E-state index is 0.103. The van der Waals surface area contributed by atoms with Crippen LogP contribution in [-0.2, 0) is 9.53 Å². The summed E-state index contributed by atoms with van der Waals surface area (Å²) in [4.78, 5) is 11.7. The Kier molecular flexibility index (Phi) is 4.00. The van der Waals surface area contributed by atoms with E-state index in [4.69, 9.17) is 10.5 Å². The fraction of sp³-hybridized carbons (Fsp3) is 0.923. The van der Waals surface area contributed by atoms with Crippen LogP contribution in [0.4, 0.5) is 0 Å². The molecule has 0 bridgehead atoms. The molecule has 1 aliphatic rings. The van der Waals surface area contributed by atoms with E-state index in [9.17, 15) is 4.79 Å². The molecular formula is C13H25NO2. The lowest BCUT2D eigenvalue weighted by Gasteiger charge is -2.45. The molecule has 0 aromatic heterocycles. The molecule has 2 unspecified atom stereocenters. The Morgan fingerprint density at radius 1 is 1.38 bits per heavy atom.